The number of benzene rings is 3. The first-order valence-corrected chi connectivity index (χ1v) is 13.5. The van der Waals surface area contributed by atoms with Gasteiger partial charge in [0.05, 0.1) is 27.0 Å². The average Bonchev–Trinajstić information content (AvgIpc) is 2.96. The van der Waals surface area contributed by atoms with Gasteiger partial charge in [-0.3, -0.25) is 25.0 Å². The van der Waals surface area contributed by atoms with E-state index in [0.29, 0.717) is 22.3 Å². The second-order valence-electron chi connectivity index (χ2n) is 9.52. The molecule has 0 saturated heterocycles. The van der Waals surface area contributed by atoms with Crippen molar-refractivity contribution in [1.29, 1.82) is 0 Å². The molecule has 12 heteroatoms. The molecule has 0 aliphatic heterocycles. The molecule has 0 bridgehead atoms. The van der Waals surface area contributed by atoms with Gasteiger partial charge in [-0.1, -0.05) is 47.3 Å². The van der Waals surface area contributed by atoms with Crippen molar-refractivity contribution < 1.29 is 14.6 Å². The quantitative estimate of drug-likeness (QED) is 0.127. The first-order valence-electron chi connectivity index (χ1n) is 12.7. The summed E-state index contributed by atoms with van der Waals surface area (Å²) in [6.45, 7) is -0.0147. The van der Waals surface area contributed by atoms with Gasteiger partial charge in [0.15, 0.2) is 0 Å². The third kappa shape index (κ3) is 5.91. The van der Waals surface area contributed by atoms with Crippen molar-refractivity contribution in [3.63, 3.8) is 0 Å². The summed E-state index contributed by atoms with van der Waals surface area (Å²) in [5, 5.41) is 27.5. The fourth-order valence-electron chi connectivity index (χ4n) is 4.83. The molecule has 1 aromatic heterocycles. The lowest BCUT2D eigenvalue weighted by atomic mass is 9.88. The van der Waals surface area contributed by atoms with Gasteiger partial charge in [0, 0.05) is 40.2 Å². The molecule has 0 spiro atoms. The molecule has 1 fully saturated rings. The number of hydrogen-bond donors (Lipinski definition) is 0. The lowest BCUT2D eigenvalue weighted by Gasteiger charge is -2.22. The Morgan fingerprint density at radius 3 is 2.50 bits per heavy atom. The van der Waals surface area contributed by atoms with E-state index < -0.39 is 9.85 Å². The van der Waals surface area contributed by atoms with Crippen LogP contribution in [0.25, 0.3) is 10.9 Å². The Hall–Kier alpha value is -4.45. The van der Waals surface area contributed by atoms with Crippen LogP contribution in [-0.2, 0) is 6.61 Å². The van der Waals surface area contributed by atoms with Crippen LogP contribution in [0, 0.1) is 20.2 Å². The highest BCUT2D eigenvalue weighted by Crippen LogP contribution is 2.32. The summed E-state index contributed by atoms with van der Waals surface area (Å²) in [6.07, 6.45) is 6.32. The van der Waals surface area contributed by atoms with Gasteiger partial charge in [0.1, 0.15) is 18.2 Å². The van der Waals surface area contributed by atoms with Crippen LogP contribution >= 0.6 is 15.9 Å². The number of nitrogens with zero attached hydrogens (tertiary/aromatic N) is 5. The van der Waals surface area contributed by atoms with Gasteiger partial charge in [0.2, 0.25) is 0 Å². The molecule has 1 aliphatic carbocycles. The SMILES string of the molecule is O=c1c2cc(Br)ccc2nc(C2CCCCC2)n1N=Cc1cc([N+](=O)[O-])ccc1OCc1cccc([N+](=O)[O-])c1. The van der Waals surface area contributed by atoms with Gasteiger partial charge in [-0.05, 0) is 42.7 Å². The summed E-state index contributed by atoms with van der Waals surface area (Å²) in [6, 6.07) is 15.4. The number of nitro groups is 2. The van der Waals surface area contributed by atoms with E-state index in [0.717, 1.165) is 36.6 Å². The summed E-state index contributed by atoms with van der Waals surface area (Å²) >= 11 is 3.41. The largest absolute Gasteiger partial charge is 0.488 e. The molecule has 40 heavy (non-hydrogen) atoms. The Labute approximate surface area is 236 Å². The molecule has 1 aliphatic rings. The number of hydrogen-bond acceptors (Lipinski definition) is 8. The minimum absolute atomic E-state index is 0.0147. The Balaban J connectivity index is 1.55. The molecule has 4 aromatic rings. The number of halogens is 1. The topological polar surface area (TPSA) is 143 Å². The zero-order valence-electron chi connectivity index (χ0n) is 21.2. The van der Waals surface area contributed by atoms with E-state index >= 15 is 0 Å². The molecule has 0 N–H and O–H groups in total. The molecule has 0 amide bonds. The Morgan fingerprint density at radius 2 is 1.75 bits per heavy atom. The van der Waals surface area contributed by atoms with Gasteiger partial charge >= 0.3 is 0 Å². The van der Waals surface area contributed by atoms with Crippen molar-refractivity contribution in [2.45, 2.75) is 44.6 Å². The van der Waals surface area contributed by atoms with E-state index in [9.17, 15) is 25.0 Å². The average molecular weight is 606 g/mol. The van der Waals surface area contributed by atoms with Crippen molar-refractivity contribution in [3.05, 3.63) is 113 Å². The minimum Gasteiger partial charge on any atom is -0.488 e. The fraction of sp³-hybridized carbons (Fsp3) is 0.250. The number of nitro benzene ring substituents is 2. The van der Waals surface area contributed by atoms with Crippen LogP contribution < -0.4 is 10.3 Å². The summed E-state index contributed by atoms with van der Waals surface area (Å²) < 4.78 is 7.92. The van der Waals surface area contributed by atoms with Crippen LogP contribution in [0.2, 0.25) is 0 Å². The smallest absolute Gasteiger partial charge is 0.282 e. The van der Waals surface area contributed by atoms with Gasteiger partial charge < -0.3 is 4.74 Å². The van der Waals surface area contributed by atoms with E-state index in [2.05, 4.69) is 21.0 Å². The van der Waals surface area contributed by atoms with Crippen molar-refractivity contribution in [1.82, 2.24) is 9.66 Å². The highest BCUT2D eigenvalue weighted by atomic mass is 79.9. The lowest BCUT2D eigenvalue weighted by molar-refractivity contribution is -0.385. The van der Waals surface area contributed by atoms with Crippen LogP contribution in [-0.4, -0.2) is 25.7 Å². The summed E-state index contributed by atoms with van der Waals surface area (Å²) in [5.74, 6) is 0.881. The van der Waals surface area contributed by atoms with Crippen LogP contribution in [0.4, 0.5) is 11.4 Å². The van der Waals surface area contributed by atoms with E-state index in [4.69, 9.17) is 9.72 Å². The maximum Gasteiger partial charge on any atom is 0.282 e. The van der Waals surface area contributed by atoms with E-state index in [-0.39, 0.29) is 40.8 Å². The highest BCUT2D eigenvalue weighted by Gasteiger charge is 2.23. The van der Waals surface area contributed by atoms with Gasteiger partial charge in [0.25, 0.3) is 16.9 Å². The van der Waals surface area contributed by atoms with E-state index in [1.807, 2.05) is 6.07 Å². The van der Waals surface area contributed by atoms with Crippen LogP contribution in [0.15, 0.2) is 75.0 Å². The Kier molecular flexibility index (Phi) is 7.96. The zero-order valence-corrected chi connectivity index (χ0v) is 22.8. The predicted molar refractivity (Wildman–Crippen MR) is 153 cm³/mol. The standard InChI is InChI=1S/C28H24BrN5O6/c29-21-9-11-25-24(15-21)28(35)32(27(31-25)19-6-2-1-3-7-19)30-16-20-14-23(34(38)39)10-12-26(20)40-17-18-5-4-8-22(13-18)33(36)37/h4-5,8-16,19H,1-3,6-7,17H2. The molecular formula is C28H24BrN5O6. The predicted octanol–water partition coefficient (Wildman–Crippen LogP) is 6.48. The van der Waals surface area contributed by atoms with Gasteiger partial charge in [-0.15, -0.1) is 0 Å². The molecule has 1 heterocycles. The molecule has 1 saturated carbocycles. The molecule has 0 radical (unpaired) electrons. The van der Waals surface area contributed by atoms with Crippen molar-refractivity contribution >= 4 is 44.4 Å². The Bertz CT molecular complexity index is 1700. The number of rotatable bonds is 8. The normalized spacial score (nSPS) is 14.0. The van der Waals surface area contributed by atoms with Crippen LogP contribution in [0.1, 0.15) is 55.0 Å². The molecule has 0 unspecified atom stereocenters. The third-order valence-electron chi connectivity index (χ3n) is 6.84. The molecule has 0 atom stereocenters. The second kappa shape index (κ2) is 11.7. The van der Waals surface area contributed by atoms with Crippen molar-refractivity contribution in [2.24, 2.45) is 5.10 Å². The van der Waals surface area contributed by atoms with E-state index in [1.54, 1.807) is 24.3 Å². The fourth-order valence-corrected chi connectivity index (χ4v) is 5.19. The maximum atomic E-state index is 13.6. The van der Waals surface area contributed by atoms with Crippen LogP contribution in [0.3, 0.4) is 0 Å². The molecule has 5 rings (SSSR count). The van der Waals surface area contributed by atoms with Crippen molar-refractivity contribution in [3.8, 4) is 5.75 Å². The van der Waals surface area contributed by atoms with Crippen LogP contribution in [0.5, 0.6) is 5.75 Å². The first kappa shape index (κ1) is 27.1. The molecule has 3 aromatic carbocycles. The monoisotopic (exact) mass is 605 g/mol. The van der Waals surface area contributed by atoms with Crippen molar-refractivity contribution in [2.75, 3.05) is 0 Å². The first-order chi connectivity index (χ1) is 19.3. The minimum atomic E-state index is -0.531. The summed E-state index contributed by atoms with van der Waals surface area (Å²) in [7, 11) is 0. The number of fused-ring (bicyclic) bond motifs is 1. The highest BCUT2D eigenvalue weighted by molar-refractivity contribution is 9.10. The molecule has 11 nitrogen and oxygen atoms in total. The van der Waals surface area contributed by atoms with E-state index in [1.165, 1.54) is 41.2 Å². The zero-order chi connectivity index (χ0) is 28.2. The number of non-ortho nitro benzene ring substituents is 2. The van der Waals surface area contributed by atoms with Gasteiger partial charge in [-0.2, -0.15) is 9.78 Å². The maximum absolute atomic E-state index is 13.6. The molecular weight excluding hydrogens is 582 g/mol. The second-order valence-corrected chi connectivity index (χ2v) is 10.4. The summed E-state index contributed by atoms with van der Waals surface area (Å²) in [4.78, 5) is 40.0. The van der Waals surface area contributed by atoms with Gasteiger partial charge in [-0.25, -0.2) is 4.98 Å². The Morgan fingerprint density at radius 1 is 1.00 bits per heavy atom. The summed E-state index contributed by atoms with van der Waals surface area (Å²) in [5.41, 5.74) is 0.816. The number of ether oxygens (including phenoxy) is 1. The third-order valence-corrected chi connectivity index (χ3v) is 7.33. The number of aromatic nitrogens is 2. The molecule has 204 valence electrons. The lowest BCUT2D eigenvalue weighted by Crippen LogP contribution is -2.25.